The van der Waals surface area contributed by atoms with Crippen molar-refractivity contribution in [3.8, 4) is 0 Å². The fraction of sp³-hybridized carbons (Fsp3) is 0.957. The van der Waals surface area contributed by atoms with Crippen molar-refractivity contribution in [2.75, 3.05) is 19.8 Å². The second-order valence-electron chi connectivity index (χ2n) is 7.93. The highest BCUT2D eigenvalue weighted by Crippen LogP contribution is 2.13. The second-order valence-corrected chi connectivity index (χ2v) is 7.93. The number of nitrogens with zero attached hydrogens (tertiary/aromatic N) is 1. The summed E-state index contributed by atoms with van der Waals surface area (Å²) in [5.41, 5.74) is 10.6. The van der Waals surface area contributed by atoms with Crippen LogP contribution in [-0.4, -0.2) is 25.7 Å². The van der Waals surface area contributed by atoms with E-state index in [4.69, 9.17) is 16.2 Å². The first-order chi connectivity index (χ1) is 13.3. The first kappa shape index (κ1) is 26.2. The van der Waals surface area contributed by atoms with Gasteiger partial charge < -0.3 is 16.2 Å². The summed E-state index contributed by atoms with van der Waals surface area (Å²) < 4.78 is 5.65. The van der Waals surface area contributed by atoms with Crippen LogP contribution in [0.1, 0.15) is 122 Å². The Balaban J connectivity index is 3.00. The van der Waals surface area contributed by atoms with Crippen LogP contribution in [0.2, 0.25) is 0 Å². The third-order valence-electron chi connectivity index (χ3n) is 5.13. The largest absolute Gasteiger partial charge is 0.381 e. The molecular weight excluding hydrogens is 334 g/mol. The summed E-state index contributed by atoms with van der Waals surface area (Å²) in [6.45, 7) is 4.74. The molecule has 4 N–H and O–H groups in total. The molecule has 0 heterocycles. The van der Waals surface area contributed by atoms with E-state index in [9.17, 15) is 0 Å². The molecule has 0 aromatic rings. The van der Waals surface area contributed by atoms with Crippen LogP contribution in [0.25, 0.3) is 0 Å². The zero-order valence-corrected chi connectivity index (χ0v) is 18.4. The minimum Gasteiger partial charge on any atom is -0.381 e. The zero-order chi connectivity index (χ0) is 19.8. The van der Waals surface area contributed by atoms with Crippen LogP contribution in [0.15, 0.2) is 4.99 Å². The highest BCUT2D eigenvalue weighted by Gasteiger charge is 1.95. The van der Waals surface area contributed by atoms with Crippen LogP contribution < -0.4 is 11.5 Å². The molecule has 0 aliphatic heterocycles. The molecule has 0 unspecified atom stereocenters. The smallest absolute Gasteiger partial charge is 0.185 e. The second kappa shape index (κ2) is 23.3. The molecule has 0 aliphatic carbocycles. The molecule has 27 heavy (non-hydrogen) atoms. The Hall–Kier alpha value is -0.770. The van der Waals surface area contributed by atoms with Gasteiger partial charge in [-0.2, -0.15) is 0 Å². The van der Waals surface area contributed by atoms with Crippen molar-refractivity contribution in [3.63, 3.8) is 0 Å². The Labute approximate surface area is 169 Å². The number of unbranched alkanes of at least 4 members (excludes halogenated alkanes) is 16. The first-order valence-electron chi connectivity index (χ1n) is 11.9. The number of rotatable bonds is 22. The van der Waals surface area contributed by atoms with Gasteiger partial charge in [0.2, 0.25) is 0 Å². The number of nitrogens with two attached hydrogens (primary N) is 2. The molecule has 0 fully saturated rings. The summed E-state index contributed by atoms with van der Waals surface area (Å²) in [6, 6.07) is 0. The Bertz CT molecular complexity index is 304. The van der Waals surface area contributed by atoms with E-state index in [-0.39, 0.29) is 5.96 Å². The molecule has 0 amide bonds. The van der Waals surface area contributed by atoms with Crippen LogP contribution >= 0.6 is 0 Å². The lowest BCUT2D eigenvalue weighted by Crippen LogP contribution is -2.22. The van der Waals surface area contributed by atoms with Crippen molar-refractivity contribution in [2.45, 2.75) is 122 Å². The van der Waals surface area contributed by atoms with Crippen molar-refractivity contribution >= 4 is 5.96 Å². The van der Waals surface area contributed by atoms with Crippen LogP contribution in [0.3, 0.4) is 0 Å². The lowest BCUT2D eigenvalue weighted by atomic mass is 10.0. The summed E-state index contributed by atoms with van der Waals surface area (Å²) in [5, 5.41) is 0. The number of ether oxygens (including phenoxy) is 1. The van der Waals surface area contributed by atoms with Gasteiger partial charge in [0.1, 0.15) is 0 Å². The van der Waals surface area contributed by atoms with Gasteiger partial charge in [0.25, 0.3) is 0 Å². The van der Waals surface area contributed by atoms with E-state index in [0.29, 0.717) is 6.54 Å². The molecule has 0 saturated carbocycles. The van der Waals surface area contributed by atoms with E-state index in [1.54, 1.807) is 0 Å². The molecule has 4 nitrogen and oxygen atoms in total. The van der Waals surface area contributed by atoms with Gasteiger partial charge in [0.05, 0.1) is 0 Å². The minimum atomic E-state index is 0.184. The summed E-state index contributed by atoms with van der Waals surface area (Å²) in [7, 11) is 0. The molecule has 0 bridgehead atoms. The average Bonchev–Trinajstić information content (AvgIpc) is 2.65. The van der Waals surface area contributed by atoms with Crippen molar-refractivity contribution in [2.24, 2.45) is 16.5 Å². The first-order valence-corrected chi connectivity index (χ1v) is 11.9. The third-order valence-corrected chi connectivity index (χ3v) is 5.13. The maximum absolute atomic E-state index is 5.65. The summed E-state index contributed by atoms with van der Waals surface area (Å²) in [5.74, 6) is 0.184. The van der Waals surface area contributed by atoms with E-state index in [0.717, 1.165) is 26.1 Å². The van der Waals surface area contributed by atoms with Gasteiger partial charge in [-0.15, -0.1) is 0 Å². The normalized spacial score (nSPS) is 11.0. The highest BCUT2D eigenvalue weighted by atomic mass is 16.5. The monoisotopic (exact) mass is 383 g/mol. The number of aliphatic imine (C=N–C) groups is 1. The van der Waals surface area contributed by atoms with Crippen molar-refractivity contribution < 1.29 is 4.74 Å². The Kier molecular flexibility index (Phi) is 22.6. The summed E-state index contributed by atoms with van der Waals surface area (Å²) >= 11 is 0. The van der Waals surface area contributed by atoms with Crippen LogP contribution in [-0.2, 0) is 4.74 Å². The fourth-order valence-electron chi connectivity index (χ4n) is 3.38. The Morgan fingerprint density at radius 1 is 0.556 bits per heavy atom. The predicted molar refractivity (Wildman–Crippen MR) is 120 cm³/mol. The van der Waals surface area contributed by atoms with Crippen LogP contribution in [0.5, 0.6) is 0 Å². The van der Waals surface area contributed by atoms with E-state index < -0.39 is 0 Å². The molecule has 0 radical (unpaired) electrons. The molecule has 0 atom stereocenters. The summed E-state index contributed by atoms with van der Waals surface area (Å²) in [6.07, 6.45) is 24.6. The molecular formula is C23H49N3O. The Morgan fingerprint density at radius 3 is 1.33 bits per heavy atom. The number of hydrogen-bond acceptors (Lipinski definition) is 2. The molecule has 4 heteroatoms. The van der Waals surface area contributed by atoms with Gasteiger partial charge in [0.15, 0.2) is 5.96 Å². The van der Waals surface area contributed by atoms with Crippen molar-refractivity contribution in [1.82, 2.24) is 0 Å². The fourth-order valence-corrected chi connectivity index (χ4v) is 3.38. The maximum atomic E-state index is 5.65. The molecule has 0 aromatic carbocycles. The van der Waals surface area contributed by atoms with E-state index >= 15 is 0 Å². The molecule has 162 valence electrons. The lowest BCUT2D eigenvalue weighted by molar-refractivity contribution is 0.126. The number of guanidine groups is 1. The average molecular weight is 384 g/mol. The Morgan fingerprint density at radius 2 is 0.926 bits per heavy atom. The SMILES string of the molecule is CCCCCCCCCCCCCCCCCCOCCCCN=C(N)N. The molecule has 0 aliphatic rings. The van der Waals surface area contributed by atoms with Gasteiger partial charge in [-0.05, 0) is 19.3 Å². The van der Waals surface area contributed by atoms with Crippen LogP contribution in [0, 0.1) is 0 Å². The minimum absolute atomic E-state index is 0.184. The van der Waals surface area contributed by atoms with Gasteiger partial charge in [-0.1, -0.05) is 103 Å². The zero-order valence-electron chi connectivity index (χ0n) is 18.4. The molecule has 0 spiro atoms. The lowest BCUT2D eigenvalue weighted by Gasteiger charge is -2.05. The summed E-state index contributed by atoms with van der Waals surface area (Å²) in [4.78, 5) is 3.96. The maximum Gasteiger partial charge on any atom is 0.185 e. The van der Waals surface area contributed by atoms with Crippen LogP contribution in [0.4, 0.5) is 0 Å². The van der Waals surface area contributed by atoms with Gasteiger partial charge in [-0.25, -0.2) is 0 Å². The topological polar surface area (TPSA) is 73.6 Å². The number of hydrogen-bond donors (Lipinski definition) is 2. The molecule has 0 saturated heterocycles. The van der Waals surface area contributed by atoms with Gasteiger partial charge >= 0.3 is 0 Å². The van der Waals surface area contributed by atoms with E-state index in [1.165, 1.54) is 103 Å². The standard InChI is InChI=1S/C23H49N3O/c1-2-3-4-5-6-7-8-9-10-11-12-13-14-15-16-18-21-27-22-19-17-20-26-23(24)25/h2-22H2,1H3,(H4,24,25,26). The predicted octanol–water partition coefficient (Wildman–Crippen LogP) is 6.32. The van der Waals surface area contributed by atoms with Crippen molar-refractivity contribution in [3.05, 3.63) is 0 Å². The van der Waals surface area contributed by atoms with Gasteiger partial charge in [0, 0.05) is 19.8 Å². The highest BCUT2D eigenvalue weighted by molar-refractivity contribution is 5.75. The molecule has 0 rings (SSSR count). The van der Waals surface area contributed by atoms with E-state index in [2.05, 4.69) is 11.9 Å². The third kappa shape index (κ3) is 25.2. The quantitative estimate of drug-likeness (QED) is 0.130. The molecule has 0 aromatic heterocycles. The van der Waals surface area contributed by atoms with Gasteiger partial charge in [-0.3, -0.25) is 4.99 Å². The van der Waals surface area contributed by atoms with E-state index in [1.807, 2.05) is 0 Å². The van der Waals surface area contributed by atoms with Crippen molar-refractivity contribution in [1.29, 1.82) is 0 Å².